The van der Waals surface area contributed by atoms with Gasteiger partial charge in [0, 0.05) is 18.7 Å². The van der Waals surface area contributed by atoms with E-state index < -0.39 is 5.97 Å². The van der Waals surface area contributed by atoms with Gasteiger partial charge >= 0.3 is 5.97 Å². The maximum atomic E-state index is 12.6. The molecule has 0 fully saturated rings. The fraction of sp³-hybridized carbons (Fsp3) is 0.267. The number of aromatic nitrogens is 2. The summed E-state index contributed by atoms with van der Waals surface area (Å²) in [4.78, 5) is 25.4. The van der Waals surface area contributed by atoms with Crippen molar-refractivity contribution in [2.24, 2.45) is 0 Å². The molecule has 8 heteroatoms. The van der Waals surface area contributed by atoms with E-state index in [1.54, 1.807) is 24.0 Å². The number of aromatic carboxylic acids is 1. The Morgan fingerprint density at radius 2 is 2.13 bits per heavy atom. The minimum absolute atomic E-state index is 0.0389. The molecule has 7 nitrogen and oxygen atoms in total. The number of hydrogen-bond acceptors (Lipinski definition) is 4. The number of hydrogen-bond donors (Lipinski definition) is 2. The highest BCUT2D eigenvalue weighted by atomic mass is 35.5. The van der Waals surface area contributed by atoms with Gasteiger partial charge in [0.1, 0.15) is 11.4 Å². The summed E-state index contributed by atoms with van der Waals surface area (Å²) in [5.74, 6) is -1.49. The molecule has 0 saturated carbocycles. The van der Waals surface area contributed by atoms with Crippen molar-refractivity contribution in [1.82, 2.24) is 14.7 Å². The second-order valence-corrected chi connectivity index (χ2v) is 5.71. The molecule has 120 valence electrons. The van der Waals surface area contributed by atoms with Gasteiger partial charge in [-0.25, -0.2) is 4.79 Å². The summed E-state index contributed by atoms with van der Waals surface area (Å²) in [6.07, 6.45) is 0. The molecule has 0 spiro atoms. The lowest BCUT2D eigenvalue weighted by Gasteiger charge is -2.28. The van der Waals surface area contributed by atoms with Crippen molar-refractivity contribution in [1.29, 1.82) is 0 Å². The molecular formula is C15H14ClN3O4. The number of amides is 1. The molecule has 1 amide bonds. The molecule has 0 bridgehead atoms. The predicted octanol–water partition coefficient (Wildman–Crippen LogP) is 1.90. The van der Waals surface area contributed by atoms with Crippen LogP contribution in [-0.2, 0) is 13.1 Å². The molecule has 0 atom stereocenters. The molecule has 2 aromatic rings. The largest absolute Gasteiger partial charge is 0.506 e. The molecule has 2 N–H and O–H groups in total. The number of phenols is 1. The molecule has 0 unspecified atom stereocenters. The molecular weight excluding hydrogens is 322 g/mol. The van der Waals surface area contributed by atoms with Crippen molar-refractivity contribution in [2.75, 3.05) is 6.54 Å². The smallest absolute Gasteiger partial charge is 0.356 e. The lowest BCUT2D eigenvalue weighted by atomic mass is 10.1. The summed E-state index contributed by atoms with van der Waals surface area (Å²) in [5.41, 5.74) is 1.16. The van der Waals surface area contributed by atoms with Crippen molar-refractivity contribution in [3.8, 4) is 5.75 Å². The van der Waals surface area contributed by atoms with E-state index in [0.717, 1.165) is 0 Å². The first kappa shape index (κ1) is 15.4. The van der Waals surface area contributed by atoms with Gasteiger partial charge < -0.3 is 15.1 Å². The number of fused-ring (bicyclic) bond motifs is 1. The van der Waals surface area contributed by atoms with Gasteiger partial charge in [-0.2, -0.15) is 5.10 Å². The van der Waals surface area contributed by atoms with E-state index in [1.807, 2.05) is 0 Å². The summed E-state index contributed by atoms with van der Waals surface area (Å²) in [6.45, 7) is 2.60. The van der Waals surface area contributed by atoms with Gasteiger partial charge in [-0.15, -0.1) is 0 Å². The lowest BCUT2D eigenvalue weighted by Crippen LogP contribution is -2.40. The highest BCUT2D eigenvalue weighted by molar-refractivity contribution is 6.32. The lowest BCUT2D eigenvalue weighted by molar-refractivity contribution is 0.0670. The normalized spacial score (nSPS) is 14.0. The summed E-state index contributed by atoms with van der Waals surface area (Å²) < 4.78 is 1.43. The van der Waals surface area contributed by atoms with Gasteiger partial charge in [0.15, 0.2) is 5.69 Å². The van der Waals surface area contributed by atoms with E-state index in [1.165, 1.54) is 10.7 Å². The average Bonchev–Trinajstić information content (AvgIpc) is 2.84. The number of carbonyl (C=O) groups is 2. The maximum absolute atomic E-state index is 12.6. The standard InChI is InChI=1S/C15H14ClN3O4/c1-8-12(15(22)23)17-19-6-5-18(14(21)13(8)19)7-9-3-2-4-10(20)11(9)16/h2-4,20H,5-7H2,1H3,(H,22,23). The Morgan fingerprint density at radius 1 is 1.39 bits per heavy atom. The number of carboxylic acids is 1. The maximum Gasteiger partial charge on any atom is 0.356 e. The van der Waals surface area contributed by atoms with E-state index in [-0.39, 0.29) is 34.6 Å². The minimum atomic E-state index is -1.15. The molecule has 3 rings (SSSR count). The Balaban J connectivity index is 1.92. The van der Waals surface area contributed by atoms with Crippen LogP contribution in [0.25, 0.3) is 0 Å². The van der Waals surface area contributed by atoms with Crippen LogP contribution in [0.15, 0.2) is 18.2 Å². The van der Waals surface area contributed by atoms with Crippen molar-refractivity contribution in [3.05, 3.63) is 45.7 Å². The number of aromatic hydroxyl groups is 1. The average molecular weight is 336 g/mol. The zero-order valence-corrected chi connectivity index (χ0v) is 13.0. The molecule has 1 aliphatic rings. The van der Waals surface area contributed by atoms with Crippen LogP contribution < -0.4 is 0 Å². The fourth-order valence-electron chi connectivity index (χ4n) is 2.70. The number of carboxylic acid groups (broad SMARTS) is 1. The minimum Gasteiger partial charge on any atom is -0.506 e. The summed E-state index contributed by atoms with van der Waals surface area (Å²) in [6, 6.07) is 4.86. The SMILES string of the molecule is Cc1c(C(=O)O)nn2c1C(=O)N(Cc1cccc(O)c1Cl)CC2. The van der Waals surface area contributed by atoms with E-state index >= 15 is 0 Å². The number of benzene rings is 1. The van der Waals surface area contributed by atoms with Crippen LogP contribution in [0.3, 0.4) is 0 Å². The molecule has 1 aliphatic heterocycles. The molecule has 23 heavy (non-hydrogen) atoms. The first-order chi connectivity index (χ1) is 10.9. The third-order valence-corrected chi connectivity index (χ3v) is 4.32. The van der Waals surface area contributed by atoms with Crippen LogP contribution in [0.2, 0.25) is 5.02 Å². The van der Waals surface area contributed by atoms with E-state index in [9.17, 15) is 14.7 Å². The van der Waals surface area contributed by atoms with Crippen LogP contribution >= 0.6 is 11.6 Å². The molecule has 0 radical (unpaired) electrons. The van der Waals surface area contributed by atoms with Crippen molar-refractivity contribution in [2.45, 2.75) is 20.0 Å². The third kappa shape index (κ3) is 2.53. The van der Waals surface area contributed by atoms with Crippen molar-refractivity contribution < 1.29 is 19.8 Å². The van der Waals surface area contributed by atoms with Crippen molar-refractivity contribution in [3.63, 3.8) is 0 Å². The van der Waals surface area contributed by atoms with Crippen molar-refractivity contribution >= 4 is 23.5 Å². The van der Waals surface area contributed by atoms with E-state index in [0.29, 0.717) is 24.2 Å². The van der Waals surface area contributed by atoms with Crippen LogP contribution in [-0.4, -0.2) is 43.3 Å². The quantitative estimate of drug-likeness (QED) is 0.893. The van der Waals surface area contributed by atoms with Gasteiger partial charge in [-0.05, 0) is 18.6 Å². The zero-order chi connectivity index (χ0) is 16.7. The van der Waals surface area contributed by atoms with Gasteiger partial charge in [-0.1, -0.05) is 23.7 Å². The summed E-state index contributed by atoms with van der Waals surface area (Å²) in [7, 11) is 0. The number of halogens is 1. The molecule has 1 aromatic heterocycles. The van der Waals surface area contributed by atoms with Crippen LogP contribution in [0.1, 0.15) is 32.1 Å². The highest BCUT2D eigenvalue weighted by Gasteiger charge is 2.31. The topological polar surface area (TPSA) is 95.7 Å². The van der Waals surface area contributed by atoms with Gasteiger partial charge in [0.25, 0.3) is 5.91 Å². The summed E-state index contributed by atoms with van der Waals surface area (Å²) in [5, 5.41) is 23.0. The van der Waals surface area contributed by atoms with E-state index in [2.05, 4.69) is 5.10 Å². The second kappa shape index (κ2) is 5.58. The van der Waals surface area contributed by atoms with Gasteiger partial charge in [0.2, 0.25) is 0 Å². The monoisotopic (exact) mass is 335 g/mol. The molecule has 1 aromatic carbocycles. The first-order valence-corrected chi connectivity index (χ1v) is 7.34. The highest BCUT2D eigenvalue weighted by Crippen LogP contribution is 2.29. The van der Waals surface area contributed by atoms with Crippen LogP contribution in [0.5, 0.6) is 5.75 Å². The van der Waals surface area contributed by atoms with Crippen LogP contribution in [0, 0.1) is 6.92 Å². The number of nitrogens with zero attached hydrogens (tertiary/aromatic N) is 3. The van der Waals surface area contributed by atoms with Gasteiger partial charge in [0.05, 0.1) is 11.6 Å². The summed E-state index contributed by atoms with van der Waals surface area (Å²) >= 11 is 6.05. The third-order valence-electron chi connectivity index (χ3n) is 3.88. The number of phenolic OH excluding ortho intramolecular Hbond substituents is 1. The van der Waals surface area contributed by atoms with Gasteiger partial charge in [-0.3, -0.25) is 9.48 Å². The molecule has 0 saturated heterocycles. The van der Waals surface area contributed by atoms with Crippen LogP contribution in [0.4, 0.5) is 0 Å². The molecule has 0 aliphatic carbocycles. The Hall–Kier alpha value is -2.54. The Labute approximate surface area is 136 Å². The Morgan fingerprint density at radius 3 is 2.83 bits per heavy atom. The zero-order valence-electron chi connectivity index (χ0n) is 12.3. The molecule has 2 heterocycles. The Bertz CT molecular complexity index is 815. The predicted molar refractivity (Wildman–Crippen MR) is 81.8 cm³/mol. The van der Waals surface area contributed by atoms with E-state index in [4.69, 9.17) is 16.7 Å². The Kier molecular flexibility index (Phi) is 3.73. The second-order valence-electron chi connectivity index (χ2n) is 5.33. The number of rotatable bonds is 3. The first-order valence-electron chi connectivity index (χ1n) is 6.96. The number of carbonyl (C=O) groups excluding carboxylic acids is 1. The fourth-order valence-corrected chi connectivity index (χ4v) is 2.88.